The van der Waals surface area contributed by atoms with Crippen LogP contribution in [0.4, 0.5) is 0 Å². The maximum Gasteiger partial charge on any atom is 0.313 e. The predicted octanol–water partition coefficient (Wildman–Crippen LogP) is 4.24. The summed E-state index contributed by atoms with van der Waals surface area (Å²) in [5, 5.41) is 13.2. The number of hydrogen-bond donors (Lipinski definition) is 2. The average molecular weight is 312 g/mol. The van der Waals surface area contributed by atoms with Gasteiger partial charge in [0, 0.05) is 5.02 Å². The first-order chi connectivity index (χ1) is 10.0. The molecule has 1 aromatic rings. The highest BCUT2D eigenvalue weighted by Crippen LogP contribution is 2.30. The van der Waals surface area contributed by atoms with E-state index in [4.69, 9.17) is 11.6 Å². The molecule has 1 aromatic carbocycles. The van der Waals surface area contributed by atoms with Gasteiger partial charge in [-0.2, -0.15) is 0 Å². The molecule has 0 spiro atoms. The van der Waals surface area contributed by atoms with Gasteiger partial charge in [0.15, 0.2) is 0 Å². The number of benzene rings is 1. The molecule has 0 aromatic heterocycles. The molecule has 0 aliphatic carbocycles. The van der Waals surface area contributed by atoms with E-state index in [2.05, 4.69) is 5.32 Å². The zero-order valence-corrected chi connectivity index (χ0v) is 13.7. The van der Waals surface area contributed by atoms with Crippen molar-refractivity contribution in [3.8, 4) is 0 Å². The van der Waals surface area contributed by atoms with Crippen molar-refractivity contribution in [2.24, 2.45) is 0 Å². The number of carboxylic acids is 1. The van der Waals surface area contributed by atoms with Crippen LogP contribution in [0.5, 0.6) is 0 Å². The Morgan fingerprint density at radius 1 is 1.24 bits per heavy atom. The maximum atomic E-state index is 11.3. The maximum absolute atomic E-state index is 11.3. The molecule has 1 aliphatic rings. The largest absolute Gasteiger partial charge is 0.481 e. The summed E-state index contributed by atoms with van der Waals surface area (Å²) in [7, 11) is 0. The average Bonchev–Trinajstić information content (AvgIpc) is 2.50. The van der Waals surface area contributed by atoms with E-state index in [9.17, 15) is 9.90 Å². The first-order valence-corrected chi connectivity index (χ1v) is 8.08. The van der Waals surface area contributed by atoms with E-state index in [1.165, 1.54) is 32.4 Å². The highest BCUT2D eigenvalue weighted by atomic mass is 35.5. The lowest BCUT2D eigenvalue weighted by Crippen LogP contribution is -2.32. The molecule has 1 heterocycles. The van der Waals surface area contributed by atoms with E-state index in [1.807, 2.05) is 6.92 Å². The fourth-order valence-corrected chi connectivity index (χ4v) is 2.62. The lowest BCUT2D eigenvalue weighted by atomic mass is 9.79. The standard InChI is InChI=1S/C12H15ClO2.C5H11N/c1-3-8-12(2,11(14)15)9-4-6-10(13)7-5-9;1-2-4-6-5-3-1/h4-7H,3,8H2,1-2H3,(H,14,15);6H,1-5H2. The van der Waals surface area contributed by atoms with Crippen LogP contribution in [0.15, 0.2) is 24.3 Å². The van der Waals surface area contributed by atoms with Gasteiger partial charge in [-0.15, -0.1) is 0 Å². The molecule has 4 heteroatoms. The molecule has 0 saturated carbocycles. The highest BCUT2D eigenvalue weighted by molar-refractivity contribution is 6.30. The molecule has 1 atom stereocenters. The highest BCUT2D eigenvalue weighted by Gasteiger charge is 2.33. The van der Waals surface area contributed by atoms with Crippen molar-refractivity contribution in [2.75, 3.05) is 13.1 Å². The first kappa shape index (κ1) is 18.0. The van der Waals surface area contributed by atoms with Crippen LogP contribution >= 0.6 is 11.6 Å². The Hall–Kier alpha value is -1.06. The molecule has 2 rings (SSSR count). The van der Waals surface area contributed by atoms with Gasteiger partial charge in [-0.1, -0.05) is 43.5 Å². The second kappa shape index (κ2) is 9.06. The fourth-order valence-electron chi connectivity index (χ4n) is 2.49. The van der Waals surface area contributed by atoms with Crippen molar-refractivity contribution < 1.29 is 9.90 Å². The molecule has 1 fully saturated rings. The third-order valence-corrected chi connectivity index (χ3v) is 4.16. The van der Waals surface area contributed by atoms with Crippen LogP contribution in [-0.4, -0.2) is 24.2 Å². The summed E-state index contributed by atoms with van der Waals surface area (Å²) < 4.78 is 0. The lowest BCUT2D eigenvalue weighted by Gasteiger charge is -2.24. The molecular weight excluding hydrogens is 286 g/mol. The van der Waals surface area contributed by atoms with Crippen molar-refractivity contribution in [3.05, 3.63) is 34.9 Å². The SMILES string of the molecule is C1CCNCC1.CCCC(C)(C(=O)O)c1ccc(Cl)cc1. The third kappa shape index (κ3) is 5.68. The number of aliphatic carboxylic acids is 1. The van der Waals surface area contributed by atoms with Gasteiger partial charge in [0.2, 0.25) is 0 Å². The summed E-state index contributed by atoms with van der Waals surface area (Å²) in [6.45, 7) is 6.24. The fraction of sp³-hybridized carbons (Fsp3) is 0.588. The van der Waals surface area contributed by atoms with E-state index in [-0.39, 0.29) is 0 Å². The van der Waals surface area contributed by atoms with Gasteiger partial charge in [0.05, 0.1) is 5.41 Å². The third-order valence-electron chi connectivity index (χ3n) is 3.91. The molecule has 0 bridgehead atoms. The minimum atomic E-state index is -0.806. The number of carbonyl (C=O) groups is 1. The van der Waals surface area contributed by atoms with Crippen LogP contribution in [0.2, 0.25) is 5.02 Å². The van der Waals surface area contributed by atoms with E-state index in [0.717, 1.165) is 12.0 Å². The summed E-state index contributed by atoms with van der Waals surface area (Å²) in [6, 6.07) is 7.03. The molecular formula is C17H26ClNO2. The van der Waals surface area contributed by atoms with Crippen LogP contribution in [-0.2, 0) is 10.2 Å². The number of nitrogens with one attached hydrogen (secondary N) is 1. The van der Waals surface area contributed by atoms with Gasteiger partial charge in [-0.05, 0) is 57.0 Å². The zero-order chi connectivity index (χ0) is 15.7. The number of halogens is 1. The smallest absolute Gasteiger partial charge is 0.313 e. The Bertz CT molecular complexity index is 417. The van der Waals surface area contributed by atoms with Crippen LogP contribution in [0.3, 0.4) is 0 Å². The van der Waals surface area contributed by atoms with Crippen molar-refractivity contribution in [1.82, 2.24) is 5.32 Å². The second-order valence-corrected chi connectivity index (χ2v) is 6.14. The van der Waals surface area contributed by atoms with Crippen molar-refractivity contribution in [1.29, 1.82) is 0 Å². The van der Waals surface area contributed by atoms with Crippen LogP contribution < -0.4 is 5.32 Å². The van der Waals surface area contributed by atoms with E-state index >= 15 is 0 Å². The van der Waals surface area contributed by atoms with Crippen LogP contribution in [0.1, 0.15) is 51.5 Å². The lowest BCUT2D eigenvalue weighted by molar-refractivity contribution is -0.143. The van der Waals surface area contributed by atoms with Crippen molar-refractivity contribution >= 4 is 17.6 Å². The minimum Gasteiger partial charge on any atom is -0.481 e. The summed E-state index contributed by atoms with van der Waals surface area (Å²) in [5.41, 5.74) is 0.000502. The number of piperidine rings is 1. The summed E-state index contributed by atoms with van der Waals surface area (Å²) in [4.78, 5) is 11.3. The van der Waals surface area contributed by atoms with Crippen LogP contribution in [0.25, 0.3) is 0 Å². The minimum absolute atomic E-state index is 0.628. The summed E-state index contributed by atoms with van der Waals surface area (Å²) >= 11 is 5.77. The normalized spacial score (nSPS) is 17.3. The van der Waals surface area contributed by atoms with Crippen molar-refractivity contribution in [3.63, 3.8) is 0 Å². The molecule has 21 heavy (non-hydrogen) atoms. The Morgan fingerprint density at radius 3 is 2.14 bits per heavy atom. The van der Waals surface area contributed by atoms with E-state index in [1.54, 1.807) is 31.2 Å². The van der Waals surface area contributed by atoms with Gasteiger partial charge in [-0.25, -0.2) is 0 Å². The second-order valence-electron chi connectivity index (χ2n) is 5.70. The Labute approximate surface area is 132 Å². The van der Waals surface area contributed by atoms with Gasteiger partial charge in [0.1, 0.15) is 0 Å². The molecule has 1 aliphatic heterocycles. The molecule has 2 N–H and O–H groups in total. The monoisotopic (exact) mass is 311 g/mol. The molecule has 1 unspecified atom stereocenters. The van der Waals surface area contributed by atoms with Gasteiger partial charge in [-0.3, -0.25) is 4.79 Å². The van der Waals surface area contributed by atoms with Gasteiger partial charge < -0.3 is 10.4 Å². The number of carboxylic acid groups (broad SMARTS) is 1. The summed E-state index contributed by atoms with van der Waals surface area (Å²) in [6.07, 6.45) is 5.68. The topological polar surface area (TPSA) is 49.3 Å². The first-order valence-electron chi connectivity index (χ1n) is 7.71. The molecule has 118 valence electrons. The van der Waals surface area contributed by atoms with E-state index in [0.29, 0.717) is 11.4 Å². The molecule has 0 amide bonds. The molecule has 0 radical (unpaired) electrons. The molecule has 3 nitrogen and oxygen atoms in total. The van der Waals surface area contributed by atoms with Crippen LogP contribution in [0, 0.1) is 0 Å². The Morgan fingerprint density at radius 2 is 1.81 bits per heavy atom. The van der Waals surface area contributed by atoms with Gasteiger partial charge >= 0.3 is 5.97 Å². The zero-order valence-electron chi connectivity index (χ0n) is 13.0. The van der Waals surface area contributed by atoms with Crippen molar-refractivity contribution in [2.45, 2.75) is 51.4 Å². The quantitative estimate of drug-likeness (QED) is 0.874. The molecule has 1 saturated heterocycles. The Balaban J connectivity index is 0.000000304. The number of rotatable bonds is 4. The number of hydrogen-bond acceptors (Lipinski definition) is 2. The predicted molar refractivity (Wildman–Crippen MR) is 88.1 cm³/mol. The Kier molecular flexibility index (Phi) is 7.76. The summed E-state index contributed by atoms with van der Waals surface area (Å²) in [5.74, 6) is -0.785. The van der Waals surface area contributed by atoms with Gasteiger partial charge in [0.25, 0.3) is 0 Å². The van der Waals surface area contributed by atoms with E-state index < -0.39 is 11.4 Å².